The zero-order valence-corrected chi connectivity index (χ0v) is 15.7. The molecule has 1 spiro atoms. The number of rotatable bonds is 2. The number of nitrogens with zero attached hydrogens (tertiary/aromatic N) is 3. The normalized spacial score (nSPS) is 19.1. The smallest absolute Gasteiger partial charge is 0.255 e. The number of anilines is 1. The third-order valence-corrected chi connectivity index (χ3v) is 5.59. The van der Waals surface area contributed by atoms with E-state index in [9.17, 15) is 14.0 Å². The van der Waals surface area contributed by atoms with Gasteiger partial charge in [0.25, 0.3) is 11.8 Å². The lowest BCUT2D eigenvalue weighted by Gasteiger charge is -2.47. The molecule has 0 N–H and O–H groups in total. The summed E-state index contributed by atoms with van der Waals surface area (Å²) in [6.07, 6.45) is 2.96. The van der Waals surface area contributed by atoms with Crippen molar-refractivity contribution in [2.75, 3.05) is 31.1 Å². The maximum absolute atomic E-state index is 13.2. The van der Waals surface area contributed by atoms with Crippen LogP contribution >= 0.6 is 0 Å². The molecule has 0 atom stereocenters. The topological polar surface area (TPSA) is 62.7 Å². The largest absolute Gasteiger partial charge is 0.363 e. The molecule has 1 aromatic carbocycles. The summed E-state index contributed by atoms with van der Waals surface area (Å²) in [5, 5.41) is 0. The molecule has 2 aliphatic heterocycles. The van der Waals surface area contributed by atoms with Crippen molar-refractivity contribution < 1.29 is 18.7 Å². The van der Waals surface area contributed by atoms with Gasteiger partial charge in [-0.2, -0.15) is 0 Å². The average molecular weight is 383 g/mol. The van der Waals surface area contributed by atoms with Crippen LogP contribution in [0.2, 0.25) is 0 Å². The fourth-order valence-electron chi connectivity index (χ4n) is 3.87. The van der Waals surface area contributed by atoms with Crippen molar-refractivity contribution in [2.24, 2.45) is 0 Å². The monoisotopic (exact) mass is 383 g/mol. The maximum Gasteiger partial charge on any atom is 0.255 e. The van der Waals surface area contributed by atoms with Crippen molar-refractivity contribution in [2.45, 2.75) is 25.4 Å². The molecular formula is C21H22FN3O3. The van der Waals surface area contributed by atoms with E-state index < -0.39 is 5.60 Å². The van der Waals surface area contributed by atoms with Crippen LogP contribution in [-0.4, -0.2) is 53.5 Å². The highest BCUT2D eigenvalue weighted by Gasteiger charge is 2.43. The SMILES string of the molecule is Cc1ncccc1C(=O)N1CCC2(CC1)CN(c1ccc(F)cc1)C(=O)CO2. The summed E-state index contributed by atoms with van der Waals surface area (Å²) >= 11 is 0. The van der Waals surface area contributed by atoms with E-state index in [4.69, 9.17) is 4.74 Å². The Labute approximate surface area is 162 Å². The molecule has 2 aliphatic rings. The number of morpholine rings is 1. The van der Waals surface area contributed by atoms with Gasteiger partial charge in [-0.1, -0.05) is 0 Å². The van der Waals surface area contributed by atoms with Crippen LogP contribution in [0, 0.1) is 12.7 Å². The Morgan fingerprint density at radius 2 is 1.89 bits per heavy atom. The van der Waals surface area contributed by atoms with Crippen LogP contribution in [0.15, 0.2) is 42.6 Å². The van der Waals surface area contributed by atoms with E-state index in [1.807, 2.05) is 11.8 Å². The number of halogens is 1. The molecule has 2 fully saturated rings. The van der Waals surface area contributed by atoms with Crippen LogP contribution in [0.5, 0.6) is 0 Å². The van der Waals surface area contributed by atoms with Crippen LogP contribution < -0.4 is 4.90 Å². The van der Waals surface area contributed by atoms with Crippen LogP contribution in [-0.2, 0) is 9.53 Å². The van der Waals surface area contributed by atoms with Crippen molar-refractivity contribution in [1.29, 1.82) is 0 Å². The zero-order chi connectivity index (χ0) is 19.7. The van der Waals surface area contributed by atoms with Gasteiger partial charge in [0.1, 0.15) is 12.4 Å². The van der Waals surface area contributed by atoms with Gasteiger partial charge in [0.15, 0.2) is 0 Å². The summed E-state index contributed by atoms with van der Waals surface area (Å²) in [4.78, 5) is 32.8. The van der Waals surface area contributed by atoms with E-state index in [1.54, 1.807) is 35.4 Å². The Bertz CT molecular complexity index is 892. The summed E-state index contributed by atoms with van der Waals surface area (Å²) in [5.41, 5.74) is 1.52. The Morgan fingerprint density at radius 3 is 2.57 bits per heavy atom. The van der Waals surface area contributed by atoms with Crippen LogP contribution in [0.25, 0.3) is 0 Å². The number of carbonyl (C=O) groups excluding carboxylic acids is 2. The summed E-state index contributed by atoms with van der Waals surface area (Å²) in [7, 11) is 0. The van der Waals surface area contributed by atoms with Gasteiger partial charge in [0.05, 0.1) is 17.7 Å². The molecule has 0 aliphatic carbocycles. The minimum atomic E-state index is -0.483. The number of benzene rings is 1. The minimum absolute atomic E-state index is 0.00691. The van der Waals surface area contributed by atoms with Crippen LogP contribution in [0.4, 0.5) is 10.1 Å². The first-order valence-electron chi connectivity index (χ1n) is 9.38. The fraction of sp³-hybridized carbons (Fsp3) is 0.381. The van der Waals surface area contributed by atoms with E-state index >= 15 is 0 Å². The van der Waals surface area contributed by atoms with E-state index in [1.165, 1.54) is 12.1 Å². The van der Waals surface area contributed by atoms with Gasteiger partial charge in [-0.15, -0.1) is 0 Å². The van der Waals surface area contributed by atoms with Crippen molar-refractivity contribution in [1.82, 2.24) is 9.88 Å². The lowest BCUT2D eigenvalue weighted by Crippen LogP contribution is -2.59. The Hall–Kier alpha value is -2.80. The van der Waals surface area contributed by atoms with Gasteiger partial charge in [-0.05, 0) is 56.2 Å². The van der Waals surface area contributed by atoms with Crippen molar-refractivity contribution in [3.63, 3.8) is 0 Å². The zero-order valence-electron chi connectivity index (χ0n) is 15.7. The van der Waals surface area contributed by atoms with Gasteiger partial charge >= 0.3 is 0 Å². The highest BCUT2D eigenvalue weighted by Crippen LogP contribution is 2.33. The molecule has 7 heteroatoms. The number of aryl methyl sites for hydroxylation is 1. The lowest BCUT2D eigenvalue weighted by atomic mass is 9.88. The number of hydrogen-bond acceptors (Lipinski definition) is 4. The second-order valence-corrected chi connectivity index (χ2v) is 7.36. The predicted molar refractivity (Wildman–Crippen MR) is 102 cm³/mol. The molecule has 2 amide bonds. The number of ether oxygens (including phenoxy) is 1. The number of hydrogen-bond donors (Lipinski definition) is 0. The van der Waals surface area contributed by atoms with E-state index in [0.717, 1.165) is 5.69 Å². The Morgan fingerprint density at radius 1 is 1.18 bits per heavy atom. The second kappa shape index (κ2) is 7.31. The number of aromatic nitrogens is 1. The number of likely N-dealkylation sites (tertiary alicyclic amines) is 1. The molecule has 0 saturated carbocycles. The predicted octanol–water partition coefficient (Wildman–Crippen LogP) is 2.57. The van der Waals surface area contributed by atoms with Crippen LogP contribution in [0.1, 0.15) is 28.9 Å². The highest BCUT2D eigenvalue weighted by molar-refractivity contribution is 5.96. The van der Waals surface area contributed by atoms with Crippen molar-refractivity contribution in [3.8, 4) is 0 Å². The third-order valence-electron chi connectivity index (χ3n) is 5.59. The molecule has 0 bridgehead atoms. The van der Waals surface area contributed by atoms with Crippen molar-refractivity contribution in [3.05, 3.63) is 59.7 Å². The first kappa shape index (κ1) is 18.6. The summed E-state index contributed by atoms with van der Waals surface area (Å²) in [6, 6.07) is 9.47. The number of piperidine rings is 1. The second-order valence-electron chi connectivity index (χ2n) is 7.36. The highest BCUT2D eigenvalue weighted by atomic mass is 19.1. The average Bonchev–Trinajstić information content (AvgIpc) is 2.71. The van der Waals surface area contributed by atoms with Crippen LogP contribution in [0.3, 0.4) is 0 Å². The molecule has 1 aromatic heterocycles. The Balaban J connectivity index is 1.46. The first-order chi connectivity index (χ1) is 13.5. The van der Waals surface area contributed by atoms with Gasteiger partial charge in [-0.3, -0.25) is 14.6 Å². The quantitative estimate of drug-likeness (QED) is 0.800. The van der Waals surface area contributed by atoms with Gasteiger partial charge in [0, 0.05) is 30.7 Å². The molecule has 0 unspecified atom stereocenters. The van der Waals surface area contributed by atoms with E-state index in [0.29, 0.717) is 43.7 Å². The molecule has 4 rings (SSSR count). The van der Waals surface area contributed by atoms with E-state index in [-0.39, 0.29) is 24.2 Å². The molecule has 2 saturated heterocycles. The van der Waals surface area contributed by atoms with Gasteiger partial charge < -0.3 is 14.5 Å². The molecule has 0 radical (unpaired) electrons. The number of carbonyl (C=O) groups is 2. The maximum atomic E-state index is 13.2. The molecule has 3 heterocycles. The third kappa shape index (κ3) is 3.49. The number of amides is 2. The standard InChI is InChI=1S/C21H22FN3O3/c1-15-18(3-2-10-23-15)20(27)24-11-8-21(9-12-24)14-25(19(26)13-28-21)17-6-4-16(22)5-7-17/h2-7,10H,8-9,11-14H2,1H3. The first-order valence-corrected chi connectivity index (χ1v) is 9.38. The Kier molecular flexibility index (Phi) is 4.85. The fourth-order valence-corrected chi connectivity index (χ4v) is 3.87. The molecule has 2 aromatic rings. The van der Waals surface area contributed by atoms with Gasteiger partial charge in [0.2, 0.25) is 0 Å². The molecule has 146 valence electrons. The summed E-state index contributed by atoms with van der Waals surface area (Å²) < 4.78 is 19.2. The minimum Gasteiger partial charge on any atom is -0.363 e. The van der Waals surface area contributed by atoms with Crippen molar-refractivity contribution >= 4 is 17.5 Å². The molecule has 28 heavy (non-hydrogen) atoms. The lowest BCUT2D eigenvalue weighted by molar-refractivity contribution is -0.143. The summed E-state index contributed by atoms with van der Waals surface area (Å²) in [5.74, 6) is -0.499. The summed E-state index contributed by atoms with van der Waals surface area (Å²) in [6.45, 7) is 3.34. The molecular weight excluding hydrogens is 361 g/mol. The van der Waals surface area contributed by atoms with Gasteiger partial charge in [-0.25, -0.2) is 4.39 Å². The molecule has 6 nitrogen and oxygen atoms in total. The number of pyridine rings is 1. The van der Waals surface area contributed by atoms with E-state index in [2.05, 4.69) is 4.98 Å².